The highest BCUT2D eigenvalue weighted by molar-refractivity contribution is 6.24. The van der Waals surface area contributed by atoms with Crippen molar-refractivity contribution in [2.75, 3.05) is 5.32 Å². The Labute approximate surface area is 139 Å². The van der Waals surface area contributed by atoms with E-state index in [4.69, 9.17) is 0 Å². The maximum absolute atomic E-state index is 13.7. The van der Waals surface area contributed by atoms with Gasteiger partial charge in [-0.3, -0.25) is 19.4 Å². The van der Waals surface area contributed by atoms with Crippen LogP contribution in [0.25, 0.3) is 5.69 Å². The number of benzene rings is 1. The van der Waals surface area contributed by atoms with Crippen LogP contribution in [0.4, 0.5) is 14.6 Å². The Balaban J connectivity index is 2.42. The molecule has 0 spiro atoms. The van der Waals surface area contributed by atoms with E-state index in [1.807, 2.05) is 24.1 Å². The van der Waals surface area contributed by atoms with E-state index in [9.17, 15) is 28.0 Å². The number of halogens is 2. The van der Waals surface area contributed by atoms with Gasteiger partial charge in [0.1, 0.15) is 11.4 Å². The van der Waals surface area contributed by atoms with Crippen LogP contribution >= 0.6 is 0 Å². The molecule has 25 heavy (non-hydrogen) atoms. The van der Waals surface area contributed by atoms with Gasteiger partial charge >= 0.3 is 17.5 Å². The van der Waals surface area contributed by atoms with Gasteiger partial charge < -0.3 is 5.32 Å². The van der Waals surface area contributed by atoms with E-state index in [0.717, 1.165) is 4.57 Å². The number of para-hydroxylation sites is 1. The largest absolute Gasteiger partial charge is 0.386 e. The number of Topliss-reactive ketones (excluding diaryl/α,β-unsaturated/α-hetero) is 1. The standard InChI is InChI=1S/C16H13F2N3O4/c1-7(2)8-5-3-4-6-9(8)21-12-10(13(23)20-15(21)25)11(22)16(17,18)14(24)19-12/h3-7H,1-2H3,(H,19,24)(H,20,23,25). The van der Waals surface area contributed by atoms with E-state index < -0.39 is 40.2 Å². The number of nitrogens with one attached hydrogen (secondary N) is 2. The SMILES string of the molecule is CC(C)c1ccccc1-n1c2c(c(=O)[nH]c1=O)C(=O)C(F)(F)C(=O)N2. The maximum atomic E-state index is 13.7. The lowest BCUT2D eigenvalue weighted by Gasteiger charge is -2.25. The lowest BCUT2D eigenvalue weighted by molar-refractivity contribution is -0.134. The lowest BCUT2D eigenvalue weighted by atomic mass is 9.99. The van der Waals surface area contributed by atoms with Crippen molar-refractivity contribution in [2.24, 2.45) is 0 Å². The van der Waals surface area contributed by atoms with Crippen LogP contribution in [-0.2, 0) is 4.79 Å². The smallest absolute Gasteiger partial charge is 0.305 e. The quantitative estimate of drug-likeness (QED) is 0.801. The highest BCUT2D eigenvalue weighted by Crippen LogP contribution is 2.31. The van der Waals surface area contributed by atoms with E-state index in [1.54, 1.807) is 18.2 Å². The number of H-pyrrole nitrogens is 1. The van der Waals surface area contributed by atoms with Gasteiger partial charge in [0.05, 0.1) is 5.69 Å². The van der Waals surface area contributed by atoms with E-state index in [0.29, 0.717) is 5.56 Å². The number of alkyl halides is 2. The van der Waals surface area contributed by atoms with Crippen LogP contribution in [0.3, 0.4) is 0 Å². The van der Waals surface area contributed by atoms with E-state index in [2.05, 4.69) is 0 Å². The molecule has 0 radical (unpaired) electrons. The second-order valence-electron chi connectivity index (χ2n) is 5.89. The van der Waals surface area contributed by atoms with Crippen molar-refractivity contribution in [2.45, 2.75) is 25.7 Å². The molecule has 130 valence electrons. The number of amides is 1. The van der Waals surface area contributed by atoms with Crippen LogP contribution in [0.2, 0.25) is 0 Å². The number of carbonyl (C=O) groups excluding carboxylic acids is 2. The summed E-state index contributed by atoms with van der Waals surface area (Å²) in [4.78, 5) is 49.6. The summed E-state index contributed by atoms with van der Waals surface area (Å²) in [6.45, 7) is 3.69. The second-order valence-corrected chi connectivity index (χ2v) is 5.89. The molecule has 0 aliphatic carbocycles. The molecular weight excluding hydrogens is 336 g/mol. The minimum Gasteiger partial charge on any atom is -0.305 e. The summed E-state index contributed by atoms with van der Waals surface area (Å²) in [5, 5.41) is 1.83. The van der Waals surface area contributed by atoms with Crippen LogP contribution in [0.15, 0.2) is 33.9 Å². The fourth-order valence-electron chi connectivity index (χ4n) is 2.72. The molecule has 2 N–H and O–H groups in total. The number of ketones is 1. The van der Waals surface area contributed by atoms with Gasteiger partial charge in [-0.25, -0.2) is 9.36 Å². The predicted octanol–water partition coefficient (Wildman–Crippen LogP) is 1.42. The Bertz CT molecular complexity index is 1020. The molecule has 7 nitrogen and oxygen atoms in total. The molecule has 0 saturated carbocycles. The average Bonchev–Trinajstić information content (AvgIpc) is 2.53. The monoisotopic (exact) mass is 349 g/mol. The minimum atomic E-state index is -4.38. The van der Waals surface area contributed by atoms with Crippen LogP contribution in [0, 0.1) is 0 Å². The van der Waals surface area contributed by atoms with Gasteiger partial charge in [-0.05, 0) is 17.5 Å². The third-order valence-electron chi connectivity index (χ3n) is 3.94. The average molecular weight is 349 g/mol. The molecule has 2 heterocycles. The summed E-state index contributed by atoms with van der Waals surface area (Å²) in [6, 6.07) is 6.57. The predicted molar refractivity (Wildman–Crippen MR) is 84.7 cm³/mol. The number of hydrogen-bond acceptors (Lipinski definition) is 4. The summed E-state index contributed by atoms with van der Waals surface area (Å²) >= 11 is 0. The van der Waals surface area contributed by atoms with Crippen molar-refractivity contribution in [3.05, 3.63) is 56.2 Å². The van der Waals surface area contributed by atoms with Crippen molar-refractivity contribution < 1.29 is 18.4 Å². The number of carbonyl (C=O) groups is 2. The summed E-state index contributed by atoms with van der Waals surface area (Å²) in [5.74, 6) is -8.81. The van der Waals surface area contributed by atoms with Crippen molar-refractivity contribution >= 4 is 17.5 Å². The summed E-state index contributed by atoms with van der Waals surface area (Å²) in [5.41, 5.74) is -2.24. The van der Waals surface area contributed by atoms with E-state index in [-0.39, 0.29) is 11.6 Å². The molecule has 2 aromatic rings. The van der Waals surface area contributed by atoms with Crippen LogP contribution in [-0.4, -0.2) is 27.2 Å². The minimum absolute atomic E-state index is 0.0536. The van der Waals surface area contributed by atoms with Crippen molar-refractivity contribution in [3.8, 4) is 5.69 Å². The molecule has 1 amide bonds. The first-order valence-electron chi connectivity index (χ1n) is 7.39. The fraction of sp³-hybridized carbons (Fsp3) is 0.250. The number of nitrogens with zero attached hydrogens (tertiary/aromatic N) is 1. The normalized spacial score (nSPS) is 15.9. The number of rotatable bonds is 2. The molecule has 9 heteroatoms. The number of aromatic nitrogens is 2. The molecule has 0 atom stereocenters. The Kier molecular flexibility index (Phi) is 3.66. The maximum Gasteiger partial charge on any atom is 0.386 e. The molecule has 0 unspecified atom stereocenters. The molecule has 1 aromatic carbocycles. The Morgan fingerprint density at radius 3 is 2.36 bits per heavy atom. The molecule has 0 bridgehead atoms. The molecule has 0 fully saturated rings. The van der Waals surface area contributed by atoms with Gasteiger partial charge in [0.25, 0.3) is 11.3 Å². The summed E-state index contributed by atoms with van der Waals surface area (Å²) in [7, 11) is 0. The zero-order valence-electron chi connectivity index (χ0n) is 13.2. The zero-order chi connectivity index (χ0) is 18.5. The molecular formula is C16H13F2N3O4. The van der Waals surface area contributed by atoms with Gasteiger partial charge in [-0.2, -0.15) is 8.78 Å². The van der Waals surface area contributed by atoms with Gasteiger partial charge in [-0.15, -0.1) is 0 Å². The van der Waals surface area contributed by atoms with Crippen molar-refractivity contribution in [1.82, 2.24) is 9.55 Å². The Hall–Kier alpha value is -3.10. The second kappa shape index (κ2) is 5.47. The van der Waals surface area contributed by atoms with Crippen LogP contribution < -0.4 is 16.6 Å². The molecule has 0 saturated heterocycles. The van der Waals surface area contributed by atoms with Gasteiger partial charge in [0.2, 0.25) is 0 Å². The number of fused-ring (bicyclic) bond motifs is 1. The summed E-state index contributed by atoms with van der Waals surface area (Å²) < 4.78 is 28.2. The third kappa shape index (κ3) is 2.39. The molecule has 1 aliphatic heterocycles. The van der Waals surface area contributed by atoms with Crippen molar-refractivity contribution in [3.63, 3.8) is 0 Å². The first-order chi connectivity index (χ1) is 11.7. The third-order valence-corrected chi connectivity index (χ3v) is 3.94. The van der Waals surface area contributed by atoms with Crippen LogP contribution in [0.5, 0.6) is 0 Å². The van der Waals surface area contributed by atoms with Gasteiger partial charge in [0.15, 0.2) is 0 Å². The molecule has 3 rings (SSSR count). The number of hydrogen-bond donors (Lipinski definition) is 2. The fourth-order valence-corrected chi connectivity index (χ4v) is 2.72. The van der Waals surface area contributed by atoms with E-state index >= 15 is 0 Å². The number of anilines is 1. The highest BCUT2D eigenvalue weighted by Gasteiger charge is 2.54. The highest BCUT2D eigenvalue weighted by atomic mass is 19.3. The van der Waals surface area contributed by atoms with Crippen LogP contribution in [0.1, 0.15) is 35.7 Å². The molecule has 1 aliphatic rings. The van der Waals surface area contributed by atoms with Gasteiger partial charge in [0, 0.05) is 0 Å². The first kappa shape index (κ1) is 16.7. The van der Waals surface area contributed by atoms with Crippen molar-refractivity contribution in [1.29, 1.82) is 0 Å². The van der Waals surface area contributed by atoms with E-state index in [1.165, 1.54) is 6.07 Å². The Morgan fingerprint density at radius 2 is 1.72 bits per heavy atom. The molecule has 1 aromatic heterocycles. The topological polar surface area (TPSA) is 101 Å². The summed E-state index contributed by atoms with van der Waals surface area (Å²) in [6.07, 6.45) is 0. The number of aromatic amines is 1. The first-order valence-corrected chi connectivity index (χ1v) is 7.39. The van der Waals surface area contributed by atoms with Gasteiger partial charge in [-0.1, -0.05) is 32.0 Å². The zero-order valence-corrected chi connectivity index (χ0v) is 13.2. The lowest BCUT2D eigenvalue weighted by Crippen LogP contribution is -2.51. The Morgan fingerprint density at radius 1 is 1.08 bits per heavy atom.